The maximum Gasteiger partial charge on any atom is 0.227 e. The molecule has 2 aromatic carbocycles. The van der Waals surface area contributed by atoms with Crippen molar-refractivity contribution in [2.24, 2.45) is 0 Å². The minimum absolute atomic E-state index is 0.0527. The van der Waals surface area contributed by atoms with Crippen LogP contribution in [-0.4, -0.2) is 21.0 Å². The van der Waals surface area contributed by atoms with E-state index in [-0.39, 0.29) is 5.91 Å². The van der Waals surface area contributed by atoms with Gasteiger partial charge < -0.3 is 14.8 Å². The van der Waals surface area contributed by atoms with Gasteiger partial charge in [-0.25, -0.2) is 0 Å². The summed E-state index contributed by atoms with van der Waals surface area (Å²) < 4.78 is 5.22. The van der Waals surface area contributed by atoms with E-state index in [0.717, 1.165) is 22.2 Å². The van der Waals surface area contributed by atoms with Crippen LogP contribution in [0.4, 0.5) is 0 Å². The number of para-hydroxylation sites is 1. The number of carbonyl (C=O) groups excluding carboxylic acids is 1. The highest BCUT2D eigenvalue weighted by atomic mass is 16.5. The van der Waals surface area contributed by atoms with E-state index >= 15 is 0 Å². The molecule has 0 aliphatic carbocycles. The number of benzene rings is 2. The number of aromatic amines is 1. The molecule has 0 atom stereocenters. The lowest BCUT2D eigenvalue weighted by Crippen LogP contribution is -2.23. The number of carbonyl (C=O) groups is 1. The van der Waals surface area contributed by atoms with Gasteiger partial charge in [-0.1, -0.05) is 53.7 Å². The van der Waals surface area contributed by atoms with E-state index in [1.54, 1.807) is 0 Å². The molecule has 0 saturated heterocycles. The van der Waals surface area contributed by atoms with Gasteiger partial charge in [0.05, 0.1) is 6.54 Å². The first-order valence-corrected chi connectivity index (χ1v) is 8.49. The molecule has 4 aromatic rings. The van der Waals surface area contributed by atoms with Crippen LogP contribution in [0.3, 0.4) is 0 Å². The summed E-state index contributed by atoms with van der Waals surface area (Å²) >= 11 is 0. The SMILES string of the molecule is O=C(CCc1nc(-c2ccccc2)no1)NCc1cc2ccccc2[nH]1. The molecule has 2 N–H and O–H groups in total. The van der Waals surface area contributed by atoms with Crippen molar-refractivity contribution < 1.29 is 9.32 Å². The van der Waals surface area contributed by atoms with Crippen LogP contribution in [0, 0.1) is 0 Å². The fourth-order valence-corrected chi connectivity index (χ4v) is 2.79. The van der Waals surface area contributed by atoms with E-state index in [4.69, 9.17) is 4.52 Å². The molecule has 1 amide bonds. The second kappa shape index (κ2) is 7.23. The molecule has 0 saturated carbocycles. The van der Waals surface area contributed by atoms with Gasteiger partial charge in [0, 0.05) is 29.6 Å². The molecule has 26 heavy (non-hydrogen) atoms. The van der Waals surface area contributed by atoms with Gasteiger partial charge in [-0.3, -0.25) is 4.79 Å². The van der Waals surface area contributed by atoms with Crippen LogP contribution in [0.5, 0.6) is 0 Å². The topological polar surface area (TPSA) is 83.8 Å². The molecular weight excluding hydrogens is 328 g/mol. The number of hydrogen-bond acceptors (Lipinski definition) is 4. The molecule has 0 aliphatic rings. The van der Waals surface area contributed by atoms with E-state index in [1.807, 2.05) is 60.7 Å². The van der Waals surface area contributed by atoms with E-state index in [1.165, 1.54) is 0 Å². The molecule has 6 heteroatoms. The maximum atomic E-state index is 12.1. The summed E-state index contributed by atoms with van der Waals surface area (Å²) in [5.74, 6) is 0.951. The highest BCUT2D eigenvalue weighted by Crippen LogP contribution is 2.16. The summed E-state index contributed by atoms with van der Waals surface area (Å²) in [5.41, 5.74) is 2.94. The third kappa shape index (κ3) is 3.64. The lowest BCUT2D eigenvalue weighted by molar-refractivity contribution is -0.121. The molecule has 0 radical (unpaired) electrons. The number of rotatable bonds is 6. The fourth-order valence-electron chi connectivity index (χ4n) is 2.79. The maximum absolute atomic E-state index is 12.1. The van der Waals surface area contributed by atoms with Crippen LogP contribution in [0.2, 0.25) is 0 Å². The lowest BCUT2D eigenvalue weighted by atomic mass is 10.2. The van der Waals surface area contributed by atoms with Crippen molar-refractivity contribution in [3.63, 3.8) is 0 Å². The summed E-state index contributed by atoms with van der Waals surface area (Å²) in [6.07, 6.45) is 0.717. The molecular formula is C20H18N4O2. The standard InChI is InChI=1S/C20H18N4O2/c25-18(21-13-16-12-15-8-4-5-9-17(15)22-16)10-11-19-23-20(24-26-19)14-6-2-1-3-7-14/h1-9,12,22H,10-11,13H2,(H,21,25). The predicted molar refractivity (Wildman–Crippen MR) is 98.2 cm³/mol. The summed E-state index contributed by atoms with van der Waals surface area (Å²) in [6.45, 7) is 0.465. The van der Waals surface area contributed by atoms with Crippen molar-refractivity contribution in [3.8, 4) is 11.4 Å². The van der Waals surface area contributed by atoms with E-state index in [9.17, 15) is 4.79 Å². The second-order valence-electron chi connectivity index (χ2n) is 6.04. The largest absolute Gasteiger partial charge is 0.357 e. The van der Waals surface area contributed by atoms with Gasteiger partial charge in [-0.05, 0) is 17.5 Å². The van der Waals surface area contributed by atoms with Crippen LogP contribution in [0.15, 0.2) is 65.2 Å². The molecule has 0 unspecified atom stereocenters. The fraction of sp³-hybridized carbons (Fsp3) is 0.150. The molecule has 6 nitrogen and oxygen atoms in total. The second-order valence-corrected chi connectivity index (χ2v) is 6.04. The lowest BCUT2D eigenvalue weighted by Gasteiger charge is -2.02. The quantitative estimate of drug-likeness (QED) is 0.560. The Morgan fingerprint density at radius 3 is 2.73 bits per heavy atom. The molecule has 0 aliphatic heterocycles. The van der Waals surface area contributed by atoms with E-state index in [0.29, 0.717) is 31.1 Å². The summed E-state index contributed by atoms with van der Waals surface area (Å²) in [7, 11) is 0. The van der Waals surface area contributed by atoms with Crippen molar-refractivity contribution >= 4 is 16.8 Å². The van der Waals surface area contributed by atoms with Gasteiger partial charge in [-0.2, -0.15) is 4.98 Å². The third-order valence-corrected chi connectivity index (χ3v) is 4.13. The molecule has 2 aromatic heterocycles. The summed E-state index contributed by atoms with van der Waals surface area (Å²) in [6, 6.07) is 19.7. The normalized spacial score (nSPS) is 10.9. The van der Waals surface area contributed by atoms with Crippen molar-refractivity contribution in [2.75, 3.05) is 0 Å². The van der Waals surface area contributed by atoms with Crippen molar-refractivity contribution in [2.45, 2.75) is 19.4 Å². The van der Waals surface area contributed by atoms with Gasteiger partial charge in [0.15, 0.2) is 0 Å². The van der Waals surface area contributed by atoms with Gasteiger partial charge in [0.1, 0.15) is 0 Å². The van der Waals surface area contributed by atoms with Crippen molar-refractivity contribution in [3.05, 3.63) is 72.2 Å². The first-order valence-electron chi connectivity index (χ1n) is 8.49. The van der Waals surface area contributed by atoms with Crippen molar-refractivity contribution in [1.82, 2.24) is 20.4 Å². The first-order chi connectivity index (χ1) is 12.8. The number of nitrogens with one attached hydrogen (secondary N) is 2. The minimum atomic E-state index is -0.0527. The highest BCUT2D eigenvalue weighted by Gasteiger charge is 2.10. The van der Waals surface area contributed by atoms with Crippen LogP contribution >= 0.6 is 0 Å². The Kier molecular flexibility index (Phi) is 4.47. The van der Waals surface area contributed by atoms with E-state index in [2.05, 4.69) is 20.4 Å². The monoisotopic (exact) mass is 346 g/mol. The number of nitrogens with zero attached hydrogens (tertiary/aromatic N) is 2. The van der Waals surface area contributed by atoms with Crippen molar-refractivity contribution in [1.29, 1.82) is 0 Å². The van der Waals surface area contributed by atoms with Gasteiger partial charge in [-0.15, -0.1) is 0 Å². The van der Waals surface area contributed by atoms with Gasteiger partial charge >= 0.3 is 0 Å². The average Bonchev–Trinajstić information content (AvgIpc) is 3.32. The van der Waals surface area contributed by atoms with Crippen LogP contribution in [-0.2, 0) is 17.8 Å². The molecule has 0 bridgehead atoms. The van der Waals surface area contributed by atoms with Gasteiger partial charge in [0.25, 0.3) is 0 Å². The van der Waals surface area contributed by atoms with E-state index < -0.39 is 0 Å². The number of aryl methyl sites for hydroxylation is 1. The van der Waals surface area contributed by atoms with Crippen LogP contribution < -0.4 is 5.32 Å². The Bertz CT molecular complexity index is 987. The Balaban J connectivity index is 1.29. The van der Waals surface area contributed by atoms with Crippen LogP contribution in [0.25, 0.3) is 22.3 Å². The zero-order valence-electron chi connectivity index (χ0n) is 14.1. The number of fused-ring (bicyclic) bond motifs is 1. The Morgan fingerprint density at radius 2 is 1.88 bits per heavy atom. The zero-order valence-corrected chi connectivity index (χ0v) is 14.1. The number of amides is 1. The molecule has 4 rings (SSSR count). The van der Waals surface area contributed by atoms with Gasteiger partial charge in [0.2, 0.25) is 17.6 Å². The molecule has 130 valence electrons. The average molecular weight is 346 g/mol. The predicted octanol–water partition coefficient (Wildman–Crippen LogP) is 3.47. The smallest absolute Gasteiger partial charge is 0.227 e. The number of aromatic nitrogens is 3. The first kappa shape index (κ1) is 16.1. The van der Waals surface area contributed by atoms with Crippen LogP contribution in [0.1, 0.15) is 18.0 Å². The summed E-state index contributed by atoms with van der Waals surface area (Å²) in [5, 5.41) is 8.00. The summed E-state index contributed by atoms with van der Waals surface area (Å²) in [4.78, 5) is 19.7. The Morgan fingerprint density at radius 1 is 1.08 bits per heavy atom. The number of hydrogen-bond donors (Lipinski definition) is 2. The third-order valence-electron chi connectivity index (χ3n) is 4.13. The minimum Gasteiger partial charge on any atom is -0.357 e. The highest BCUT2D eigenvalue weighted by molar-refractivity contribution is 5.80. The number of H-pyrrole nitrogens is 1. The molecule has 0 fully saturated rings. The molecule has 0 spiro atoms. The molecule has 2 heterocycles. The zero-order chi connectivity index (χ0) is 17.8. The Labute approximate surface area is 150 Å². The Hall–Kier alpha value is -3.41.